The lowest BCUT2D eigenvalue weighted by molar-refractivity contribution is -0.150. The van der Waals surface area contributed by atoms with Crippen molar-refractivity contribution >= 4 is 17.7 Å². The number of urea groups is 1. The molecule has 2 amide bonds. The maximum absolute atomic E-state index is 12.0. The number of hydrogen-bond donors (Lipinski definition) is 3. The summed E-state index contributed by atoms with van der Waals surface area (Å²) in [5.41, 5.74) is -0.121. The predicted octanol–water partition coefficient (Wildman–Crippen LogP) is 3.26. The largest absolute Gasteiger partial charge is 0.481 e. The van der Waals surface area contributed by atoms with E-state index < -0.39 is 23.0 Å². The van der Waals surface area contributed by atoms with Gasteiger partial charge in [0.1, 0.15) is 0 Å². The van der Waals surface area contributed by atoms with E-state index in [2.05, 4.69) is 17.6 Å². The number of carbonyl (C=O) groups excluding carboxylic acids is 1. The van der Waals surface area contributed by atoms with Crippen LogP contribution >= 0.6 is 0 Å². The lowest BCUT2D eigenvalue weighted by atomic mass is 9.74. The third-order valence-electron chi connectivity index (χ3n) is 4.14. The number of carboxylic acid groups (broad SMARTS) is 1. The lowest BCUT2D eigenvalue weighted by Crippen LogP contribution is -2.57. The minimum Gasteiger partial charge on any atom is -0.481 e. The van der Waals surface area contributed by atoms with Crippen LogP contribution in [0, 0.1) is 5.41 Å². The van der Waals surface area contributed by atoms with Gasteiger partial charge in [-0.2, -0.15) is 0 Å². The fourth-order valence-electron chi connectivity index (χ4n) is 1.69. The molecule has 5 nitrogen and oxygen atoms in total. The third kappa shape index (κ3) is 3.97. The molecule has 0 aliphatic heterocycles. The second-order valence-electron chi connectivity index (χ2n) is 6.18. The Balaban J connectivity index is 2.74. The number of benzene rings is 1. The minimum absolute atomic E-state index is 0.418. The normalized spacial score (nSPS) is 11.9. The van der Waals surface area contributed by atoms with Crippen LogP contribution in [-0.4, -0.2) is 22.6 Å². The van der Waals surface area contributed by atoms with E-state index in [0.29, 0.717) is 5.69 Å². The number of carboxylic acids is 1. The standard InChI is InChI=1S/C16H24N2O3/c1-6-11-7-9-12(10-8-11)17-14(21)18-16(4,5)15(2,3)13(19)20/h7-10H,6H2,1-5H3,(H,19,20)(H2,17,18,21). The number of carbonyl (C=O) groups is 2. The van der Waals surface area contributed by atoms with Crippen molar-refractivity contribution in [1.29, 1.82) is 0 Å². The van der Waals surface area contributed by atoms with Gasteiger partial charge in [-0.1, -0.05) is 19.1 Å². The summed E-state index contributed by atoms with van der Waals surface area (Å²) in [5.74, 6) is -0.958. The number of aryl methyl sites for hydroxylation is 1. The van der Waals surface area contributed by atoms with Crippen LogP contribution in [0.5, 0.6) is 0 Å². The van der Waals surface area contributed by atoms with E-state index in [9.17, 15) is 14.7 Å². The van der Waals surface area contributed by atoms with Crippen molar-refractivity contribution in [2.75, 3.05) is 5.32 Å². The van der Waals surface area contributed by atoms with Crippen LogP contribution < -0.4 is 10.6 Å². The molecule has 0 aromatic heterocycles. The Morgan fingerprint density at radius 2 is 1.62 bits per heavy atom. The third-order valence-corrected chi connectivity index (χ3v) is 4.14. The maximum Gasteiger partial charge on any atom is 0.319 e. The first-order valence-electron chi connectivity index (χ1n) is 7.01. The molecule has 0 spiro atoms. The highest BCUT2D eigenvalue weighted by Crippen LogP contribution is 2.30. The molecule has 0 atom stereocenters. The molecule has 1 aromatic rings. The average Bonchev–Trinajstić information content (AvgIpc) is 2.38. The van der Waals surface area contributed by atoms with Crippen LogP contribution in [0.2, 0.25) is 0 Å². The van der Waals surface area contributed by atoms with Crippen molar-refractivity contribution in [1.82, 2.24) is 5.32 Å². The van der Waals surface area contributed by atoms with Crippen molar-refractivity contribution in [2.24, 2.45) is 5.41 Å². The van der Waals surface area contributed by atoms with Gasteiger partial charge in [-0.25, -0.2) is 4.79 Å². The Labute approximate surface area is 125 Å². The summed E-state index contributed by atoms with van der Waals surface area (Å²) < 4.78 is 0. The molecule has 0 bridgehead atoms. The summed E-state index contributed by atoms with van der Waals surface area (Å²) >= 11 is 0. The second-order valence-corrected chi connectivity index (χ2v) is 6.18. The van der Waals surface area contributed by atoms with Crippen LogP contribution in [0.25, 0.3) is 0 Å². The van der Waals surface area contributed by atoms with E-state index in [1.807, 2.05) is 24.3 Å². The molecule has 0 aliphatic rings. The van der Waals surface area contributed by atoms with Gasteiger partial charge in [0, 0.05) is 5.69 Å². The van der Waals surface area contributed by atoms with Crippen molar-refractivity contribution in [2.45, 2.75) is 46.6 Å². The topological polar surface area (TPSA) is 78.4 Å². The van der Waals surface area contributed by atoms with Gasteiger partial charge in [-0.05, 0) is 51.8 Å². The Hall–Kier alpha value is -2.04. The molecule has 0 saturated carbocycles. The Morgan fingerprint density at radius 3 is 2.05 bits per heavy atom. The number of aliphatic carboxylic acids is 1. The van der Waals surface area contributed by atoms with Crippen molar-refractivity contribution in [3.63, 3.8) is 0 Å². The van der Waals surface area contributed by atoms with Gasteiger partial charge in [-0.3, -0.25) is 4.79 Å². The van der Waals surface area contributed by atoms with Crippen molar-refractivity contribution < 1.29 is 14.7 Å². The van der Waals surface area contributed by atoms with E-state index >= 15 is 0 Å². The molecule has 21 heavy (non-hydrogen) atoms. The van der Waals surface area contributed by atoms with E-state index in [1.54, 1.807) is 27.7 Å². The zero-order valence-electron chi connectivity index (χ0n) is 13.3. The number of nitrogens with one attached hydrogen (secondary N) is 2. The second kappa shape index (κ2) is 6.16. The van der Waals surface area contributed by atoms with Crippen LogP contribution in [-0.2, 0) is 11.2 Å². The first-order valence-corrected chi connectivity index (χ1v) is 7.01. The summed E-state index contributed by atoms with van der Waals surface area (Å²) in [7, 11) is 0. The van der Waals surface area contributed by atoms with Gasteiger partial charge < -0.3 is 15.7 Å². The predicted molar refractivity (Wildman–Crippen MR) is 83.5 cm³/mol. The van der Waals surface area contributed by atoms with E-state index in [1.165, 1.54) is 5.56 Å². The summed E-state index contributed by atoms with van der Waals surface area (Å²) in [6.45, 7) is 8.63. The SMILES string of the molecule is CCc1ccc(NC(=O)NC(C)(C)C(C)(C)C(=O)O)cc1. The molecule has 1 aromatic carbocycles. The first-order chi connectivity index (χ1) is 9.60. The van der Waals surface area contributed by atoms with Gasteiger partial charge in [0.2, 0.25) is 0 Å². The Kier molecular flexibility index (Phi) is 4.99. The van der Waals surface area contributed by atoms with Crippen LogP contribution in [0.1, 0.15) is 40.2 Å². The summed E-state index contributed by atoms with van der Waals surface area (Å²) in [4.78, 5) is 23.3. The molecular weight excluding hydrogens is 268 g/mol. The molecule has 116 valence electrons. The Morgan fingerprint density at radius 1 is 1.10 bits per heavy atom. The molecule has 3 N–H and O–H groups in total. The number of amides is 2. The zero-order chi connectivity index (χ0) is 16.3. The van der Waals surface area contributed by atoms with E-state index in [4.69, 9.17) is 0 Å². The quantitative estimate of drug-likeness (QED) is 0.779. The molecule has 0 saturated heterocycles. The summed E-state index contributed by atoms with van der Waals surface area (Å²) in [6.07, 6.45) is 0.937. The highest BCUT2D eigenvalue weighted by Gasteiger charge is 2.44. The number of anilines is 1. The van der Waals surface area contributed by atoms with Gasteiger partial charge in [0.25, 0.3) is 0 Å². The maximum atomic E-state index is 12.0. The van der Waals surface area contributed by atoms with Gasteiger partial charge in [-0.15, -0.1) is 0 Å². The van der Waals surface area contributed by atoms with E-state index in [0.717, 1.165) is 6.42 Å². The van der Waals surface area contributed by atoms with Crippen LogP contribution in [0.3, 0.4) is 0 Å². The van der Waals surface area contributed by atoms with Crippen molar-refractivity contribution in [3.05, 3.63) is 29.8 Å². The Bertz CT molecular complexity index is 519. The highest BCUT2D eigenvalue weighted by atomic mass is 16.4. The molecule has 0 unspecified atom stereocenters. The molecule has 0 heterocycles. The fourth-order valence-corrected chi connectivity index (χ4v) is 1.69. The van der Waals surface area contributed by atoms with Gasteiger partial charge >= 0.3 is 12.0 Å². The van der Waals surface area contributed by atoms with Gasteiger partial charge in [0.15, 0.2) is 0 Å². The average molecular weight is 292 g/mol. The molecular formula is C16H24N2O3. The molecule has 0 aliphatic carbocycles. The highest BCUT2D eigenvalue weighted by molar-refractivity contribution is 5.90. The molecule has 0 fully saturated rings. The van der Waals surface area contributed by atoms with Crippen LogP contribution in [0.15, 0.2) is 24.3 Å². The zero-order valence-corrected chi connectivity index (χ0v) is 13.3. The lowest BCUT2D eigenvalue weighted by Gasteiger charge is -2.38. The molecule has 5 heteroatoms. The molecule has 1 rings (SSSR count). The molecule has 0 radical (unpaired) electrons. The van der Waals surface area contributed by atoms with E-state index in [-0.39, 0.29) is 0 Å². The first kappa shape index (κ1) is 17.0. The van der Waals surface area contributed by atoms with Gasteiger partial charge in [0.05, 0.1) is 11.0 Å². The minimum atomic E-state index is -1.09. The smallest absolute Gasteiger partial charge is 0.319 e. The summed E-state index contributed by atoms with van der Waals surface area (Å²) in [6, 6.07) is 7.13. The fraction of sp³-hybridized carbons (Fsp3) is 0.500. The number of rotatable bonds is 5. The van der Waals surface area contributed by atoms with Crippen molar-refractivity contribution in [3.8, 4) is 0 Å². The monoisotopic (exact) mass is 292 g/mol. The number of hydrogen-bond acceptors (Lipinski definition) is 2. The van der Waals surface area contributed by atoms with Crippen LogP contribution in [0.4, 0.5) is 10.5 Å². The summed E-state index contributed by atoms with van der Waals surface area (Å²) in [5, 5.41) is 14.7.